The van der Waals surface area contributed by atoms with E-state index in [-0.39, 0.29) is 11.7 Å². The Morgan fingerprint density at radius 2 is 1.67 bits per heavy atom. The molecule has 4 heteroatoms. The summed E-state index contributed by atoms with van der Waals surface area (Å²) >= 11 is 0. The van der Waals surface area contributed by atoms with E-state index in [2.05, 4.69) is 5.32 Å². The normalized spacial score (nSPS) is 16.5. The van der Waals surface area contributed by atoms with Gasteiger partial charge in [0.2, 0.25) is 0 Å². The third-order valence-electron chi connectivity index (χ3n) is 1.77. The number of carbonyl (C=O) groups is 1. The number of hydrogen-bond acceptors (Lipinski definition) is 3. The molecule has 0 atom stereocenters. The quantitative estimate of drug-likeness (QED) is 0.672. The number of rotatable bonds is 0. The summed E-state index contributed by atoms with van der Waals surface area (Å²) in [6, 6.07) is 0. The number of carbonyl (C=O) groups excluding carboxylic acids is 1. The largest absolute Gasteiger partial charge is 0.444 e. The summed E-state index contributed by atoms with van der Waals surface area (Å²) in [5.74, 6) is 0. The summed E-state index contributed by atoms with van der Waals surface area (Å²) in [6.45, 7) is 12.9. The average Bonchev–Trinajstić information content (AvgIpc) is 2.20. The summed E-state index contributed by atoms with van der Waals surface area (Å²) in [4.78, 5) is 13.2. The molecule has 0 radical (unpaired) electrons. The van der Waals surface area contributed by atoms with Crippen LogP contribution in [0.4, 0.5) is 4.79 Å². The van der Waals surface area contributed by atoms with E-state index in [4.69, 9.17) is 4.74 Å². The van der Waals surface area contributed by atoms with Crippen molar-refractivity contribution in [1.82, 2.24) is 10.2 Å². The average molecular weight is 216 g/mol. The maximum Gasteiger partial charge on any atom is 0.410 e. The molecule has 1 N–H and O–H groups in total. The first-order valence-electron chi connectivity index (χ1n) is 5.68. The number of nitrogens with one attached hydrogen (secondary N) is 1. The Morgan fingerprint density at radius 1 is 1.20 bits per heavy atom. The van der Waals surface area contributed by atoms with E-state index >= 15 is 0 Å². The molecule has 0 unspecified atom stereocenters. The minimum absolute atomic E-state index is 0.200. The zero-order chi connectivity index (χ0) is 11.9. The maximum absolute atomic E-state index is 11.5. The first-order valence-corrected chi connectivity index (χ1v) is 5.68. The minimum Gasteiger partial charge on any atom is -0.444 e. The predicted octanol–water partition coefficient (Wildman–Crippen LogP) is 1.85. The lowest BCUT2D eigenvalue weighted by atomic mass is 10.2. The van der Waals surface area contributed by atoms with Gasteiger partial charge in [-0.25, -0.2) is 4.79 Å². The molecule has 0 bridgehead atoms. The number of piperazine rings is 1. The fourth-order valence-corrected chi connectivity index (χ4v) is 1.17. The van der Waals surface area contributed by atoms with Gasteiger partial charge in [0.25, 0.3) is 0 Å². The second-order valence-electron chi connectivity index (χ2n) is 4.22. The van der Waals surface area contributed by atoms with Crippen LogP contribution in [0.3, 0.4) is 0 Å². The van der Waals surface area contributed by atoms with Gasteiger partial charge in [0.05, 0.1) is 0 Å². The third-order valence-corrected chi connectivity index (χ3v) is 1.77. The number of ether oxygens (including phenoxy) is 1. The van der Waals surface area contributed by atoms with Gasteiger partial charge in [0, 0.05) is 26.2 Å². The SMILES string of the molecule is CC.CC(C)(C)OC(=O)N1CCNCC1. The zero-order valence-electron chi connectivity index (χ0n) is 10.6. The summed E-state index contributed by atoms with van der Waals surface area (Å²) in [5, 5.41) is 3.18. The summed E-state index contributed by atoms with van der Waals surface area (Å²) in [6.07, 6.45) is -0.200. The lowest BCUT2D eigenvalue weighted by molar-refractivity contribution is 0.0229. The predicted molar refractivity (Wildman–Crippen MR) is 62.0 cm³/mol. The van der Waals surface area contributed by atoms with Gasteiger partial charge < -0.3 is 15.0 Å². The zero-order valence-corrected chi connectivity index (χ0v) is 10.6. The van der Waals surface area contributed by atoms with Crippen molar-refractivity contribution in [1.29, 1.82) is 0 Å². The topological polar surface area (TPSA) is 41.6 Å². The fourth-order valence-electron chi connectivity index (χ4n) is 1.17. The molecule has 0 aromatic carbocycles. The second kappa shape index (κ2) is 6.67. The smallest absolute Gasteiger partial charge is 0.410 e. The van der Waals surface area contributed by atoms with Gasteiger partial charge in [-0.15, -0.1) is 0 Å². The molecule has 1 heterocycles. The van der Waals surface area contributed by atoms with Crippen LogP contribution in [-0.4, -0.2) is 42.8 Å². The van der Waals surface area contributed by atoms with E-state index in [0.717, 1.165) is 26.2 Å². The van der Waals surface area contributed by atoms with Crippen LogP contribution in [0.25, 0.3) is 0 Å². The Kier molecular flexibility index (Phi) is 6.32. The Balaban J connectivity index is 0.000000921. The lowest BCUT2D eigenvalue weighted by Gasteiger charge is -2.30. The summed E-state index contributed by atoms with van der Waals surface area (Å²) in [5.41, 5.74) is -0.387. The summed E-state index contributed by atoms with van der Waals surface area (Å²) in [7, 11) is 0. The van der Waals surface area contributed by atoms with Crippen LogP contribution >= 0.6 is 0 Å². The third kappa shape index (κ3) is 6.33. The molecule has 0 aromatic rings. The van der Waals surface area contributed by atoms with Crippen LogP contribution in [0.1, 0.15) is 34.6 Å². The molecule has 1 rings (SSSR count). The first kappa shape index (κ1) is 14.2. The maximum atomic E-state index is 11.5. The minimum atomic E-state index is -0.387. The highest BCUT2D eigenvalue weighted by atomic mass is 16.6. The van der Waals surface area contributed by atoms with E-state index in [1.54, 1.807) is 4.90 Å². The Morgan fingerprint density at radius 3 is 2.07 bits per heavy atom. The van der Waals surface area contributed by atoms with Crippen LogP contribution in [0.2, 0.25) is 0 Å². The first-order chi connectivity index (χ1) is 6.99. The van der Waals surface area contributed by atoms with Gasteiger partial charge in [-0.3, -0.25) is 0 Å². The Hall–Kier alpha value is -0.770. The second-order valence-corrected chi connectivity index (χ2v) is 4.22. The van der Waals surface area contributed by atoms with Gasteiger partial charge in [-0.1, -0.05) is 13.8 Å². The van der Waals surface area contributed by atoms with Crippen LogP contribution in [0.15, 0.2) is 0 Å². The van der Waals surface area contributed by atoms with Crippen molar-refractivity contribution in [3.05, 3.63) is 0 Å². The molecule has 4 nitrogen and oxygen atoms in total. The van der Waals surface area contributed by atoms with Crippen LogP contribution in [0.5, 0.6) is 0 Å². The monoisotopic (exact) mass is 216 g/mol. The molecule has 1 aliphatic heterocycles. The molecule has 1 saturated heterocycles. The van der Waals surface area contributed by atoms with Crippen LogP contribution in [-0.2, 0) is 4.74 Å². The Labute approximate surface area is 93.0 Å². The molecule has 0 spiro atoms. The van der Waals surface area contributed by atoms with Crippen molar-refractivity contribution < 1.29 is 9.53 Å². The number of amides is 1. The molecule has 90 valence electrons. The van der Waals surface area contributed by atoms with E-state index in [1.165, 1.54) is 0 Å². The fraction of sp³-hybridized carbons (Fsp3) is 0.909. The molecule has 15 heavy (non-hydrogen) atoms. The molecule has 0 aliphatic carbocycles. The Bertz CT molecular complexity index is 182. The van der Waals surface area contributed by atoms with E-state index in [1.807, 2.05) is 34.6 Å². The van der Waals surface area contributed by atoms with Crippen molar-refractivity contribution >= 4 is 6.09 Å². The highest BCUT2D eigenvalue weighted by Crippen LogP contribution is 2.09. The molecule has 0 saturated carbocycles. The van der Waals surface area contributed by atoms with Crippen LogP contribution < -0.4 is 5.32 Å². The van der Waals surface area contributed by atoms with E-state index < -0.39 is 0 Å². The van der Waals surface area contributed by atoms with Gasteiger partial charge in [-0.05, 0) is 20.8 Å². The molecule has 0 aromatic heterocycles. The lowest BCUT2D eigenvalue weighted by Crippen LogP contribution is -2.48. The van der Waals surface area contributed by atoms with E-state index in [0.29, 0.717) is 0 Å². The molecule has 1 amide bonds. The highest BCUT2D eigenvalue weighted by Gasteiger charge is 2.22. The standard InChI is InChI=1S/C9H18N2O2.C2H6/c1-9(2,3)13-8(12)11-6-4-10-5-7-11;1-2/h10H,4-7H2,1-3H3;1-2H3. The highest BCUT2D eigenvalue weighted by molar-refractivity contribution is 5.68. The van der Waals surface area contributed by atoms with Crippen molar-refractivity contribution in [3.63, 3.8) is 0 Å². The molecular weight excluding hydrogens is 192 g/mol. The van der Waals surface area contributed by atoms with Gasteiger partial charge >= 0.3 is 6.09 Å². The van der Waals surface area contributed by atoms with Crippen molar-refractivity contribution in [2.75, 3.05) is 26.2 Å². The van der Waals surface area contributed by atoms with Crippen molar-refractivity contribution in [3.8, 4) is 0 Å². The van der Waals surface area contributed by atoms with Crippen molar-refractivity contribution in [2.24, 2.45) is 0 Å². The van der Waals surface area contributed by atoms with Crippen molar-refractivity contribution in [2.45, 2.75) is 40.2 Å². The van der Waals surface area contributed by atoms with Gasteiger partial charge in [-0.2, -0.15) is 0 Å². The van der Waals surface area contributed by atoms with Gasteiger partial charge in [0.15, 0.2) is 0 Å². The molecule has 1 fully saturated rings. The van der Waals surface area contributed by atoms with Gasteiger partial charge in [0.1, 0.15) is 5.60 Å². The number of hydrogen-bond donors (Lipinski definition) is 1. The number of nitrogens with zero attached hydrogens (tertiary/aromatic N) is 1. The summed E-state index contributed by atoms with van der Waals surface area (Å²) < 4.78 is 5.24. The molecular formula is C11H24N2O2. The van der Waals surface area contributed by atoms with Crippen LogP contribution in [0, 0.1) is 0 Å². The van der Waals surface area contributed by atoms with E-state index in [9.17, 15) is 4.79 Å². The molecule has 1 aliphatic rings.